The summed E-state index contributed by atoms with van der Waals surface area (Å²) in [5.41, 5.74) is -2.29. The van der Waals surface area contributed by atoms with Crippen molar-refractivity contribution in [3.05, 3.63) is 35.1 Å². The average Bonchev–Trinajstić information content (AvgIpc) is 2.39. The molecule has 1 atom stereocenters. The van der Waals surface area contributed by atoms with Crippen molar-refractivity contribution in [3.8, 4) is 0 Å². The molecule has 0 radical (unpaired) electrons. The van der Waals surface area contributed by atoms with Gasteiger partial charge in [-0.05, 0) is 17.7 Å². The lowest BCUT2D eigenvalue weighted by Gasteiger charge is -2.36. The quantitative estimate of drug-likeness (QED) is 0.837. The van der Waals surface area contributed by atoms with Crippen LogP contribution in [0.5, 0.6) is 0 Å². The second kappa shape index (κ2) is 6.04. The van der Waals surface area contributed by atoms with E-state index in [1.54, 1.807) is 0 Å². The first-order chi connectivity index (χ1) is 10.1. The average molecular weight is 330 g/mol. The van der Waals surface area contributed by atoms with Crippen molar-refractivity contribution in [2.75, 3.05) is 26.2 Å². The van der Waals surface area contributed by atoms with Crippen molar-refractivity contribution >= 4 is 0 Å². The minimum Gasteiger partial charge on any atom is -0.314 e. The lowest BCUT2D eigenvalue weighted by Crippen LogP contribution is -2.49. The van der Waals surface area contributed by atoms with E-state index in [1.165, 1.54) is 0 Å². The molecule has 0 saturated carbocycles. The number of nitrogens with zero attached hydrogens (tertiary/aromatic N) is 1. The summed E-state index contributed by atoms with van der Waals surface area (Å²) < 4.78 is 91.1. The minimum atomic E-state index is -5.04. The molecule has 124 valence electrons. The maximum Gasteiger partial charge on any atom is 0.419 e. The maximum atomic E-state index is 13.3. The molecule has 0 amide bonds. The van der Waals surface area contributed by atoms with Crippen LogP contribution in [0.15, 0.2) is 18.2 Å². The Morgan fingerprint density at radius 3 is 2.09 bits per heavy atom. The van der Waals surface area contributed by atoms with E-state index in [4.69, 9.17) is 0 Å². The molecule has 9 heteroatoms. The third kappa shape index (κ3) is 3.70. The van der Waals surface area contributed by atoms with Crippen molar-refractivity contribution in [3.63, 3.8) is 0 Å². The standard InChI is InChI=1S/C13H13F7N2/c14-10-2-1-8(7-9(10)12(15,16)17)11(13(18,19)20)22-5-3-21-4-6-22/h1-2,7,11,21H,3-6H2/t11-/m1/s1. The molecule has 0 unspecified atom stereocenters. The van der Waals surface area contributed by atoms with Crippen molar-refractivity contribution in [2.45, 2.75) is 18.4 Å². The first kappa shape index (κ1) is 17.0. The van der Waals surface area contributed by atoms with Crippen molar-refractivity contribution in [1.82, 2.24) is 10.2 Å². The number of nitrogens with one attached hydrogen (secondary N) is 1. The molecule has 0 bridgehead atoms. The third-order valence-corrected chi connectivity index (χ3v) is 3.44. The Morgan fingerprint density at radius 1 is 1.00 bits per heavy atom. The van der Waals surface area contributed by atoms with Crippen LogP contribution < -0.4 is 5.32 Å². The molecule has 1 fully saturated rings. The van der Waals surface area contributed by atoms with Crippen LogP contribution in [-0.4, -0.2) is 37.3 Å². The summed E-state index contributed by atoms with van der Waals surface area (Å²) in [4.78, 5) is 1.05. The van der Waals surface area contributed by atoms with Crippen LogP contribution in [0.1, 0.15) is 17.2 Å². The van der Waals surface area contributed by atoms with Crippen LogP contribution in [0.2, 0.25) is 0 Å². The van der Waals surface area contributed by atoms with Crippen LogP contribution in [0.3, 0.4) is 0 Å². The highest BCUT2D eigenvalue weighted by molar-refractivity contribution is 5.30. The molecule has 1 aliphatic heterocycles. The third-order valence-electron chi connectivity index (χ3n) is 3.44. The van der Waals surface area contributed by atoms with E-state index < -0.39 is 35.3 Å². The second-order valence-electron chi connectivity index (χ2n) is 4.97. The molecule has 1 heterocycles. The highest BCUT2D eigenvalue weighted by Crippen LogP contribution is 2.40. The first-order valence-corrected chi connectivity index (χ1v) is 6.49. The van der Waals surface area contributed by atoms with Crippen molar-refractivity contribution in [1.29, 1.82) is 0 Å². The normalized spacial score (nSPS) is 19.2. The van der Waals surface area contributed by atoms with Gasteiger partial charge >= 0.3 is 12.4 Å². The zero-order valence-corrected chi connectivity index (χ0v) is 11.2. The molecule has 1 aromatic rings. The largest absolute Gasteiger partial charge is 0.419 e. The van der Waals surface area contributed by atoms with Gasteiger partial charge in [0.25, 0.3) is 0 Å². The lowest BCUT2D eigenvalue weighted by atomic mass is 10.0. The fourth-order valence-electron chi connectivity index (χ4n) is 2.48. The Labute approximate surface area is 121 Å². The number of alkyl halides is 6. The first-order valence-electron chi connectivity index (χ1n) is 6.49. The molecule has 2 rings (SSSR count). The highest BCUT2D eigenvalue weighted by atomic mass is 19.4. The number of hydrogen-bond acceptors (Lipinski definition) is 2. The van der Waals surface area contributed by atoms with Gasteiger partial charge in [-0.2, -0.15) is 26.3 Å². The monoisotopic (exact) mass is 330 g/mol. The van der Waals surface area contributed by atoms with E-state index in [1.807, 2.05) is 0 Å². The molecule has 1 N–H and O–H groups in total. The molecule has 2 nitrogen and oxygen atoms in total. The van der Waals surface area contributed by atoms with Gasteiger partial charge in [-0.15, -0.1) is 0 Å². The van der Waals surface area contributed by atoms with Crippen molar-refractivity contribution < 1.29 is 30.7 Å². The second-order valence-corrected chi connectivity index (χ2v) is 4.97. The number of piperazine rings is 1. The Kier molecular flexibility index (Phi) is 4.67. The fraction of sp³-hybridized carbons (Fsp3) is 0.538. The highest BCUT2D eigenvalue weighted by Gasteiger charge is 2.46. The van der Waals surface area contributed by atoms with E-state index in [0.717, 1.165) is 11.0 Å². The summed E-state index contributed by atoms with van der Waals surface area (Å²) in [6.45, 7) is 0.700. The predicted molar refractivity (Wildman–Crippen MR) is 64.6 cm³/mol. The van der Waals surface area contributed by atoms with Gasteiger partial charge in [0.05, 0.1) is 5.56 Å². The summed E-state index contributed by atoms with van der Waals surface area (Å²) in [5, 5.41) is 2.87. The van der Waals surface area contributed by atoms with Crippen LogP contribution in [-0.2, 0) is 6.18 Å². The molecule has 1 aliphatic rings. The Balaban J connectivity index is 2.44. The molecule has 0 spiro atoms. The molecule has 22 heavy (non-hydrogen) atoms. The van der Waals surface area contributed by atoms with E-state index in [-0.39, 0.29) is 19.2 Å². The Hall–Kier alpha value is -1.35. The molecule has 1 aromatic carbocycles. The van der Waals surface area contributed by atoms with Gasteiger partial charge in [0.2, 0.25) is 0 Å². The van der Waals surface area contributed by atoms with E-state index in [2.05, 4.69) is 5.32 Å². The van der Waals surface area contributed by atoms with Gasteiger partial charge < -0.3 is 5.32 Å². The minimum absolute atomic E-state index is 0.0445. The van der Waals surface area contributed by atoms with Gasteiger partial charge in [-0.1, -0.05) is 6.07 Å². The van der Waals surface area contributed by atoms with Gasteiger partial charge in [-0.25, -0.2) is 4.39 Å². The molecular weight excluding hydrogens is 317 g/mol. The number of hydrogen-bond donors (Lipinski definition) is 1. The van der Waals surface area contributed by atoms with E-state index in [9.17, 15) is 30.7 Å². The maximum absolute atomic E-state index is 13.3. The van der Waals surface area contributed by atoms with Gasteiger partial charge in [0.1, 0.15) is 11.9 Å². The van der Waals surface area contributed by atoms with Gasteiger partial charge in [0.15, 0.2) is 0 Å². The summed E-state index contributed by atoms with van der Waals surface area (Å²) in [6, 6.07) is -0.754. The topological polar surface area (TPSA) is 15.3 Å². The van der Waals surface area contributed by atoms with Gasteiger partial charge in [-0.3, -0.25) is 4.90 Å². The molecule has 1 saturated heterocycles. The molecule has 0 aromatic heterocycles. The van der Waals surface area contributed by atoms with Crippen LogP contribution in [0.4, 0.5) is 30.7 Å². The van der Waals surface area contributed by atoms with Crippen LogP contribution >= 0.6 is 0 Å². The van der Waals surface area contributed by atoms with Crippen molar-refractivity contribution in [2.24, 2.45) is 0 Å². The smallest absolute Gasteiger partial charge is 0.314 e. The van der Waals surface area contributed by atoms with Gasteiger partial charge in [0, 0.05) is 26.2 Å². The van der Waals surface area contributed by atoms with E-state index >= 15 is 0 Å². The van der Waals surface area contributed by atoms with Crippen LogP contribution in [0, 0.1) is 5.82 Å². The predicted octanol–water partition coefficient (Wildman–Crippen LogP) is 3.35. The zero-order chi connectivity index (χ0) is 16.5. The Morgan fingerprint density at radius 2 is 1.59 bits per heavy atom. The molecular formula is C13H13F7N2. The SMILES string of the molecule is Fc1ccc([C@@H](N2CCNCC2)C(F)(F)F)cc1C(F)(F)F. The summed E-state index contributed by atoms with van der Waals surface area (Å²) in [6.07, 6.45) is -9.79. The lowest BCUT2D eigenvalue weighted by molar-refractivity contribution is -0.188. The summed E-state index contributed by atoms with van der Waals surface area (Å²) in [5.74, 6) is -1.59. The zero-order valence-electron chi connectivity index (χ0n) is 11.2. The van der Waals surface area contributed by atoms with Crippen LogP contribution in [0.25, 0.3) is 0 Å². The Bertz CT molecular complexity index is 518. The van der Waals surface area contributed by atoms with E-state index in [0.29, 0.717) is 19.2 Å². The number of benzene rings is 1. The summed E-state index contributed by atoms with van der Waals surface area (Å²) >= 11 is 0. The summed E-state index contributed by atoms with van der Waals surface area (Å²) in [7, 11) is 0. The number of rotatable bonds is 2. The fourth-order valence-corrected chi connectivity index (χ4v) is 2.48. The number of halogens is 7. The molecule has 0 aliphatic carbocycles.